The maximum Gasteiger partial charge on any atom is 0.0563 e. The average Bonchev–Trinajstić information content (AvgIpc) is 1.62. The zero-order chi connectivity index (χ0) is 18.0. The molecule has 0 heterocycles. The van der Waals surface area contributed by atoms with Gasteiger partial charge in [0.05, 0.1) is 22.4 Å². The van der Waals surface area contributed by atoms with Crippen molar-refractivity contribution in [1.82, 2.24) is 0 Å². The Labute approximate surface area is 147 Å². The van der Waals surface area contributed by atoms with E-state index in [1.807, 2.05) is 0 Å². The van der Waals surface area contributed by atoms with Crippen LogP contribution in [0, 0.1) is 0 Å². The van der Waals surface area contributed by atoms with Gasteiger partial charge in [0.15, 0.2) is 0 Å². The fraction of sp³-hybridized carbons (Fsp3) is 1.00. The van der Waals surface area contributed by atoms with Gasteiger partial charge >= 0.3 is 0 Å². The van der Waals surface area contributed by atoms with Gasteiger partial charge in [0.2, 0.25) is 0 Å². The van der Waals surface area contributed by atoms with Crippen LogP contribution in [0.25, 0.3) is 0 Å². The Bertz CT molecular complexity index is 130. The minimum absolute atomic E-state index is 0. The molecule has 0 aliphatic rings. The molecule has 0 atom stereocenters. The summed E-state index contributed by atoms with van der Waals surface area (Å²) in [6.45, 7) is 20.9. The molecule has 0 saturated carbocycles. The fourth-order valence-corrected chi connectivity index (χ4v) is 0. The minimum Gasteiger partial charge on any atom is -0.391 e. The Morgan fingerprint density at radius 1 is 0.333 bits per heavy atom. The summed E-state index contributed by atoms with van der Waals surface area (Å²) in [5.74, 6) is 0. The van der Waals surface area contributed by atoms with E-state index in [4.69, 9.17) is 20.4 Å². The topological polar surface area (TPSA) is 80.9 Å². The zero-order valence-electron chi connectivity index (χ0n) is 16.2. The van der Waals surface area contributed by atoms with Crippen LogP contribution >= 0.6 is 0 Å². The van der Waals surface area contributed by atoms with Crippen molar-refractivity contribution < 1.29 is 41.5 Å². The molecule has 4 nitrogen and oxygen atoms in total. The van der Waals surface area contributed by atoms with E-state index >= 15 is 0 Å². The third-order valence-corrected chi connectivity index (χ3v) is 0. The smallest absolute Gasteiger partial charge is 0.0563 e. The Morgan fingerprint density at radius 2 is 0.333 bits per heavy atom. The molecule has 0 bridgehead atoms. The van der Waals surface area contributed by atoms with Crippen LogP contribution < -0.4 is 0 Å². The summed E-state index contributed by atoms with van der Waals surface area (Å²) in [6.07, 6.45) is 0. The maximum atomic E-state index is 8.52. The summed E-state index contributed by atoms with van der Waals surface area (Å²) < 4.78 is 0. The third-order valence-electron chi connectivity index (χ3n) is 0. The second kappa shape index (κ2) is 13.0. The van der Waals surface area contributed by atoms with Crippen LogP contribution in [0.4, 0.5) is 0 Å². The van der Waals surface area contributed by atoms with Crippen LogP contribution in [0.3, 0.4) is 0 Å². The molecule has 4 N–H and O–H groups in total. The molecule has 21 heavy (non-hydrogen) atoms. The number of aliphatic hydroxyl groups is 4. The largest absolute Gasteiger partial charge is 0.391 e. The molecular weight excluding hydrogens is 352 g/mol. The van der Waals surface area contributed by atoms with Crippen LogP contribution in [-0.4, -0.2) is 42.8 Å². The molecule has 0 amide bonds. The molecule has 0 aliphatic heterocycles. The van der Waals surface area contributed by atoms with E-state index in [0.29, 0.717) is 0 Å². The molecule has 0 aromatic heterocycles. The predicted molar refractivity (Wildman–Crippen MR) is 87.9 cm³/mol. The van der Waals surface area contributed by atoms with E-state index in [0.717, 1.165) is 0 Å². The van der Waals surface area contributed by atoms with Gasteiger partial charge in [-0.25, -0.2) is 0 Å². The van der Waals surface area contributed by atoms with Gasteiger partial charge in [-0.3, -0.25) is 0 Å². The molecule has 0 aromatic carbocycles. The quantitative estimate of drug-likeness (QED) is 0.478. The zero-order valence-corrected chi connectivity index (χ0v) is 18.2. The predicted octanol–water partition coefficient (Wildman–Crippen LogP) is 3.11. The van der Waals surface area contributed by atoms with Gasteiger partial charge in [-0.2, -0.15) is 0 Å². The SMILES string of the molecule is CC(C)(C)O.CC(C)(C)O.CC(C)(C)O.CC(C)(C)O.[Mo]. The van der Waals surface area contributed by atoms with Crippen LogP contribution in [0.2, 0.25) is 0 Å². The standard InChI is InChI=1S/4C4H10O.Mo/c4*1-4(2,3)5;/h4*5H,1-3H3;. The summed E-state index contributed by atoms with van der Waals surface area (Å²) in [4.78, 5) is 0. The van der Waals surface area contributed by atoms with Gasteiger partial charge in [-0.1, -0.05) is 0 Å². The summed E-state index contributed by atoms with van der Waals surface area (Å²) in [6, 6.07) is 0. The molecule has 5 heteroatoms. The van der Waals surface area contributed by atoms with Gasteiger partial charge in [0.1, 0.15) is 0 Å². The maximum absolute atomic E-state index is 8.52. The molecule has 0 unspecified atom stereocenters. The fourth-order valence-electron chi connectivity index (χ4n) is 0. The number of rotatable bonds is 0. The number of hydrogen-bond acceptors (Lipinski definition) is 4. The van der Waals surface area contributed by atoms with Crippen molar-refractivity contribution in [2.45, 2.75) is 105 Å². The summed E-state index contributed by atoms with van der Waals surface area (Å²) >= 11 is 0. The van der Waals surface area contributed by atoms with Gasteiger partial charge < -0.3 is 20.4 Å². The van der Waals surface area contributed by atoms with Gasteiger partial charge in [-0.05, 0) is 83.1 Å². The van der Waals surface area contributed by atoms with E-state index in [2.05, 4.69) is 0 Å². The van der Waals surface area contributed by atoms with Crippen molar-refractivity contribution >= 4 is 0 Å². The van der Waals surface area contributed by atoms with Crippen molar-refractivity contribution in [3.8, 4) is 0 Å². The number of hydrogen-bond donors (Lipinski definition) is 4. The van der Waals surface area contributed by atoms with Gasteiger partial charge in [0, 0.05) is 21.1 Å². The van der Waals surface area contributed by atoms with E-state index in [1.54, 1.807) is 83.1 Å². The summed E-state index contributed by atoms with van der Waals surface area (Å²) in [7, 11) is 0. The van der Waals surface area contributed by atoms with Gasteiger partial charge in [0.25, 0.3) is 0 Å². The Kier molecular flexibility index (Phi) is 20.6. The van der Waals surface area contributed by atoms with Crippen LogP contribution in [0.5, 0.6) is 0 Å². The van der Waals surface area contributed by atoms with Crippen LogP contribution in [-0.2, 0) is 21.1 Å². The Morgan fingerprint density at radius 3 is 0.333 bits per heavy atom. The molecule has 0 spiro atoms. The first-order valence-electron chi connectivity index (χ1n) is 6.89. The van der Waals surface area contributed by atoms with E-state index in [1.165, 1.54) is 0 Å². The first kappa shape index (κ1) is 33.2. The van der Waals surface area contributed by atoms with Crippen molar-refractivity contribution in [3.63, 3.8) is 0 Å². The molecular formula is C16H40MoO4. The van der Waals surface area contributed by atoms with Crippen molar-refractivity contribution in [2.24, 2.45) is 0 Å². The molecule has 0 aromatic rings. The molecule has 0 aliphatic carbocycles. The Hall–Kier alpha value is 0.528. The average molecular weight is 392 g/mol. The van der Waals surface area contributed by atoms with Crippen LogP contribution in [0.15, 0.2) is 0 Å². The van der Waals surface area contributed by atoms with E-state index < -0.39 is 22.4 Å². The van der Waals surface area contributed by atoms with E-state index in [-0.39, 0.29) is 21.1 Å². The normalized spacial score (nSPS) is 11.4. The van der Waals surface area contributed by atoms with Crippen molar-refractivity contribution in [2.75, 3.05) is 0 Å². The van der Waals surface area contributed by atoms with Gasteiger partial charge in [-0.15, -0.1) is 0 Å². The molecule has 134 valence electrons. The molecule has 0 rings (SSSR count). The molecule has 0 fully saturated rings. The van der Waals surface area contributed by atoms with Crippen molar-refractivity contribution in [1.29, 1.82) is 0 Å². The second-order valence-electron chi connectivity index (χ2n) is 8.68. The Balaban J connectivity index is -0.0000000533. The van der Waals surface area contributed by atoms with Crippen molar-refractivity contribution in [3.05, 3.63) is 0 Å². The minimum atomic E-state index is -0.500. The van der Waals surface area contributed by atoms with E-state index in [9.17, 15) is 0 Å². The molecule has 0 radical (unpaired) electrons. The first-order chi connectivity index (χ1) is 8.00. The third kappa shape index (κ3) is 25200. The van der Waals surface area contributed by atoms with Crippen LogP contribution in [0.1, 0.15) is 83.1 Å². The summed E-state index contributed by atoms with van der Waals surface area (Å²) in [5.41, 5.74) is -2.00. The molecule has 0 saturated heterocycles. The first-order valence-corrected chi connectivity index (χ1v) is 6.89. The summed E-state index contributed by atoms with van der Waals surface area (Å²) in [5, 5.41) is 34.1. The monoisotopic (exact) mass is 394 g/mol. The second-order valence-corrected chi connectivity index (χ2v) is 8.68.